The minimum atomic E-state index is 0.431. The molecule has 0 bridgehead atoms. The van der Waals surface area contributed by atoms with E-state index in [1.807, 2.05) is 0 Å². The molecule has 3 nitrogen and oxygen atoms in total. The van der Waals surface area contributed by atoms with Crippen molar-refractivity contribution in [3.63, 3.8) is 0 Å². The molecule has 0 unspecified atom stereocenters. The molecule has 0 aliphatic carbocycles. The lowest BCUT2D eigenvalue weighted by Gasteiger charge is -1.79. The second-order valence-electron chi connectivity index (χ2n) is 1.72. The van der Waals surface area contributed by atoms with Gasteiger partial charge in [-0.2, -0.15) is 0 Å². The lowest BCUT2D eigenvalue weighted by atomic mass is 10.5. The number of halogens is 1. The lowest BCUT2D eigenvalue weighted by molar-refractivity contribution is -0.128. The van der Waals surface area contributed by atoms with Crippen molar-refractivity contribution < 1.29 is 9.53 Å². The van der Waals surface area contributed by atoms with E-state index in [-0.39, 0.29) is 0 Å². The molecule has 0 aliphatic heterocycles. The van der Waals surface area contributed by atoms with Crippen LogP contribution in [0.5, 0.6) is 0 Å². The zero-order valence-electron chi connectivity index (χ0n) is 6.74. The van der Waals surface area contributed by atoms with E-state index in [9.17, 15) is 4.79 Å². The molecule has 0 amide bonds. The Hall–Kier alpha value is -1.09. The maximum Gasteiger partial charge on any atom is 0.293 e. The quantitative estimate of drug-likeness (QED) is 0.664. The Kier molecular flexibility index (Phi) is 7.28. The third kappa shape index (κ3) is 7.02. The highest BCUT2D eigenvalue weighted by molar-refractivity contribution is 6.30. The van der Waals surface area contributed by atoms with E-state index >= 15 is 0 Å². The van der Waals surface area contributed by atoms with Gasteiger partial charge in [0, 0.05) is 12.4 Å². The van der Waals surface area contributed by atoms with E-state index in [0.717, 1.165) is 0 Å². The summed E-state index contributed by atoms with van der Waals surface area (Å²) in [6.07, 6.45) is 3.29. The number of nitrogens with zero attached hydrogens (tertiary/aromatic N) is 1. The van der Waals surface area contributed by atoms with Crippen LogP contribution >= 0.6 is 11.6 Å². The summed E-state index contributed by atoms with van der Waals surface area (Å²) in [5.41, 5.74) is 0. The maximum atomic E-state index is 9.18. The zero-order valence-corrected chi connectivity index (χ0v) is 7.49. The van der Waals surface area contributed by atoms with Crippen molar-refractivity contribution in [2.45, 2.75) is 6.92 Å². The molecule has 0 fully saturated rings. The smallest absolute Gasteiger partial charge is 0.293 e. The van der Waals surface area contributed by atoms with Crippen LogP contribution in [0.2, 0.25) is 5.02 Å². The molecule has 12 heavy (non-hydrogen) atoms. The normalized spacial score (nSPS) is 7.83. The van der Waals surface area contributed by atoms with E-state index in [1.54, 1.807) is 31.5 Å². The van der Waals surface area contributed by atoms with Crippen molar-refractivity contribution in [3.8, 4) is 0 Å². The number of aromatic nitrogens is 1. The number of pyridine rings is 1. The van der Waals surface area contributed by atoms with Gasteiger partial charge in [0.05, 0.1) is 11.6 Å². The molecule has 0 radical (unpaired) electrons. The highest BCUT2D eigenvalue weighted by Gasteiger charge is 1.76. The maximum absolute atomic E-state index is 9.18. The topological polar surface area (TPSA) is 39.2 Å². The number of carbonyl (C=O) groups excluding carboxylic acids is 1. The molecule has 0 aliphatic rings. The average Bonchev–Trinajstić information content (AvgIpc) is 2.08. The highest BCUT2D eigenvalue weighted by atomic mass is 35.5. The number of hydrogen-bond acceptors (Lipinski definition) is 3. The predicted molar refractivity (Wildman–Crippen MR) is 46.9 cm³/mol. The van der Waals surface area contributed by atoms with Crippen LogP contribution in [0.1, 0.15) is 6.92 Å². The first-order chi connectivity index (χ1) is 5.81. The second-order valence-corrected chi connectivity index (χ2v) is 2.16. The van der Waals surface area contributed by atoms with Gasteiger partial charge >= 0.3 is 0 Å². The van der Waals surface area contributed by atoms with Gasteiger partial charge in [0.2, 0.25) is 0 Å². The molecule has 0 N–H and O–H groups in total. The molecule has 1 aromatic heterocycles. The van der Waals surface area contributed by atoms with Crippen LogP contribution in [0, 0.1) is 0 Å². The van der Waals surface area contributed by atoms with E-state index in [0.29, 0.717) is 18.1 Å². The number of hydrogen-bond donors (Lipinski definition) is 0. The van der Waals surface area contributed by atoms with Crippen molar-refractivity contribution in [2.75, 3.05) is 6.61 Å². The standard InChI is InChI=1S/C5H4ClN.C3H6O2/c6-5-2-1-3-7-4-5;1-2-5-3-4/h1-4H;3H,2H2,1H3. The third-order valence-electron chi connectivity index (χ3n) is 0.860. The number of carbonyl (C=O) groups is 1. The Morgan fingerprint density at radius 1 is 1.75 bits per heavy atom. The van der Waals surface area contributed by atoms with Gasteiger partial charge in [-0.15, -0.1) is 0 Å². The van der Waals surface area contributed by atoms with Crippen LogP contribution in [0.4, 0.5) is 0 Å². The molecular weight excluding hydrogens is 178 g/mol. The summed E-state index contributed by atoms with van der Waals surface area (Å²) in [5.74, 6) is 0. The SMILES string of the molecule is CCOC=O.Clc1cccnc1. The van der Waals surface area contributed by atoms with Gasteiger partial charge in [-0.3, -0.25) is 9.78 Å². The third-order valence-corrected chi connectivity index (χ3v) is 1.08. The summed E-state index contributed by atoms with van der Waals surface area (Å²) in [6, 6.07) is 3.58. The Bertz CT molecular complexity index is 203. The predicted octanol–water partition coefficient (Wildman–Crippen LogP) is 1.91. The summed E-state index contributed by atoms with van der Waals surface area (Å²) in [7, 11) is 0. The fourth-order valence-corrected chi connectivity index (χ4v) is 0.539. The molecule has 0 atom stereocenters. The Morgan fingerprint density at radius 2 is 2.50 bits per heavy atom. The molecule has 4 heteroatoms. The van der Waals surface area contributed by atoms with Crippen LogP contribution < -0.4 is 0 Å². The summed E-state index contributed by atoms with van der Waals surface area (Å²) in [4.78, 5) is 12.9. The second kappa shape index (κ2) is 8.01. The van der Waals surface area contributed by atoms with Gasteiger partial charge < -0.3 is 4.74 Å². The van der Waals surface area contributed by atoms with Gasteiger partial charge in [0.15, 0.2) is 0 Å². The van der Waals surface area contributed by atoms with Crippen LogP contribution in [-0.2, 0) is 9.53 Å². The van der Waals surface area contributed by atoms with Crippen molar-refractivity contribution in [1.29, 1.82) is 0 Å². The summed E-state index contributed by atoms with van der Waals surface area (Å²) >= 11 is 5.48. The molecule has 0 aromatic carbocycles. The van der Waals surface area contributed by atoms with Gasteiger partial charge in [0.1, 0.15) is 0 Å². The molecule has 0 spiro atoms. The van der Waals surface area contributed by atoms with Crippen LogP contribution in [0.25, 0.3) is 0 Å². The zero-order chi connectivity index (χ0) is 9.23. The van der Waals surface area contributed by atoms with Crippen molar-refractivity contribution in [2.24, 2.45) is 0 Å². The summed E-state index contributed by atoms with van der Waals surface area (Å²) in [6.45, 7) is 2.66. The first-order valence-electron chi connectivity index (χ1n) is 3.42. The lowest BCUT2D eigenvalue weighted by Crippen LogP contribution is -1.80. The van der Waals surface area contributed by atoms with Crippen molar-refractivity contribution in [3.05, 3.63) is 29.5 Å². The summed E-state index contributed by atoms with van der Waals surface area (Å²) < 4.78 is 4.15. The molecule has 1 aromatic rings. The molecule has 0 saturated heterocycles. The van der Waals surface area contributed by atoms with Gasteiger partial charge in [-0.25, -0.2) is 0 Å². The highest BCUT2D eigenvalue weighted by Crippen LogP contribution is 2.00. The first-order valence-corrected chi connectivity index (χ1v) is 3.79. The minimum absolute atomic E-state index is 0.431. The number of rotatable bonds is 2. The fraction of sp³-hybridized carbons (Fsp3) is 0.250. The first kappa shape index (κ1) is 10.9. The average molecular weight is 188 g/mol. The monoisotopic (exact) mass is 187 g/mol. The molecule has 1 heterocycles. The number of ether oxygens (including phenoxy) is 1. The molecule has 0 saturated carbocycles. The van der Waals surface area contributed by atoms with Gasteiger partial charge in [-0.05, 0) is 19.1 Å². The Balaban J connectivity index is 0.000000217. The largest absolute Gasteiger partial charge is 0.468 e. The van der Waals surface area contributed by atoms with E-state index < -0.39 is 0 Å². The van der Waals surface area contributed by atoms with Gasteiger partial charge in [-0.1, -0.05) is 11.6 Å². The fourth-order valence-electron chi connectivity index (χ4n) is 0.410. The summed E-state index contributed by atoms with van der Waals surface area (Å²) in [5, 5.41) is 0.683. The van der Waals surface area contributed by atoms with Crippen LogP contribution in [0.3, 0.4) is 0 Å². The molecular formula is C8H10ClNO2. The minimum Gasteiger partial charge on any atom is -0.468 e. The van der Waals surface area contributed by atoms with Crippen molar-refractivity contribution in [1.82, 2.24) is 4.98 Å². The van der Waals surface area contributed by atoms with Crippen molar-refractivity contribution >= 4 is 18.1 Å². The van der Waals surface area contributed by atoms with E-state index in [2.05, 4.69) is 9.72 Å². The van der Waals surface area contributed by atoms with Gasteiger partial charge in [0.25, 0.3) is 6.47 Å². The Morgan fingerprint density at radius 3 is 2.67 bits per heavy atom. The van der Waals surface area contributed by atoms with Crippen LogP contribution in [0.15, 0.2) is 24.5 Å². The van der Waals surface area contributed by atoms with E-state index in [1.165, 1.54) is 0 Å². The molecule has 66 valence electrons. The van der Waals surface area contributed by atoms with E-state index in [4.69, 9.17) is 11.6 Å². The molecule has 1 rings (SSSR count). The van der Waals surface area contributed by atoms with Crippen LogP contribution in [-0.4, -0.2) is 18.1 Å². The Labute approximate surface area is 76.3 Å².